The van der Waals surface area contributed by atoms with E-state index in [-0.39, 0.29) is 12.5 Å². The van der Waals surface area contributed by atoms with E-state index >= 15 is 0 Å². The van der Waals surface area contributed by atoms with Gasteiger partial charge in [-0.3, -0.25) is 4.79 Å². The molecule has 4 heteroatoms. The minimum absolute atomic E-state index is 0.0562. The number of rotatable bonds is 51. The first-order valence-corrected chi connectivity index (χ1v) is 27.4. The smallest absolute Gasteiger partial charge is 0.220 e. The number of nitrogens with one attached hydrogen (secondary N) is 1. The Morgan fingerprint density at radius 3 is 0.881 bits per heavy atom. The fraction of sp³-hybridized carbons (Fsp3) is 0.945. The van der Waals surface area contributed by atoms with Gasteiger partial charge in [-0.1, -0.05) is 302 Å². The van der Waals surface area contributed by atoms with Gasteiger partial charge in [0, 0.05) is 6.42 Å². The molecule has 3 N–H and O–H groups in total. The lowest BCUT2D eigenvalue weighted by Crippen LogP contribution is -2.45. The first-order valence-electron chi connectivity index (χ1n) is 27.4. The third-order valence-electron chi connectivity index (χ3n) is 13.0. The minimum atomic E-state index is -0.835. The second kappa shape index (κ2) is 51.5. The van der Waals surface area contributed by atoms with Gasteiger partial charge in [-0.15, -0.1) is 0 Å². The molecular formula is C55H109NO3. The van der Waals surface area contributed by atoms with Gasteiger partial charge in [0.05, 0.1) is 18.8 Å². The Kier molecular flexibility index (Phi) is 50.7. The van der Waals surface area contributed by atoms with Crippen LogP contribution in [0, 0.1) is 0 Å². The van der Waals surface area contributed by atoms with Crippen LogP contribution in [0.3, 0.4) is 0 Å². The summed E-state index contributed by atoms with van der Waals surface area (Å²) in [5.41, 5.74) is 0. The lowest BCUT2D eigenvalue weighted by Gasteiger charge is -2.20. The standard InChI is InChI=1S/C55H109NO3/c1-3-5-7-9-11-13-15-17-19-21-23-24-25-26-27-28-29-30-31-32-33-35-37-39-41-43-45-47-49-51-55(59)56-53(52-57)54(58)50-48-46-44-42-40-38-36-34-22-20-18-16-14-12-10-8-6-4-2/h48,50,53-54,57-58H,3-47,49,51-52H2,1-2H3,(H,56,59)/b50-48+. The summed E-state index contributed by atoms with van der Waals surface area (Å²) >= 11 is 0. The van der Waals surface area contributed by atoms with Gasteiger partial charge in [-0.2, -0.15) is 0 Å². The van der Waals surface area contributed by atoms with Crippen molar-refractivity contribution in [1.29, 1.82) is 0 Å². The fourth-order valence-corrected chi connectivity index (χ4v) is 8.83. The van der Waals surface area contributed by atoms with Crippen molar-refractivity contribution in [3.63, 3.8) is 0 Å². The Hall–Kier alpha value is -0.870. The van der Waals surface area contributed by atoms with Crippen molar-refractivity contribution in [2.45, 2.75) is 328 Å². The quantitative estimate of drug-likeness (QED) is 0.0422. The number of carbonyl (C=O) groups is 1. The van der Waals surface area contributed by atoms with E-state index in [0.29, 0.717) is 6.42 Å². The molecule has 0 fully saturated rings. The second-order valence-electron chi connectivity index (χ2n) is 19.0. The maximum atomic E-state index is 12.5. The summed E-state index contributed by atoms with van der Waals surface area (Å²) in [7, 11) is 0. The zero-order valence-electron chi connectivity index (χ0n) is 40.6. The molecule has 0 aromatic rings. The molecular weight excluding hydrogens is 723 g/mol. The Morgan fingerprint density at radius 1 is 0.390 bits per heavy atom. The van der Waals surface area contributed by atoms with Crippen LogP contribution in [0.2, 0.25) is 0 Å². The Morgan fingerprint density at radius 2 is 0.627 bits per heavy atom. The monoisotopic (exact) mass is 832 g/mol. The number of amides is 1. The number of unbranched alkanes of at least 4 members (excludes halogenated alkanes) is 44. The molecule has 0 rings (SSSR count). The Balaban J connectivity index is 3.43. The molecule has 0 aliphatic rings. The van der Waals surface area contributed by atoms with E-state index in [9.17, 15) is 15.0 Å². The number of aliphatic hydroxyl groups is 2. The largest absolute Gasteiger partial charge is 0.394 e. The van der Waals surface area contributed by atoms with Crippen molar-refractivity contribution < 1.29 is 15.0 Å². The maximum absolute atomic E-state index is 12.5. The molecule has 0 saturated heterocycles. The van der Waals surface area contributed by atoms with E-state index in [4.69, 9.17) is 0 Å². The normalized spacial score (nSPS) is 12.8. The van der Waals surface area contributed by atoms with E-state index in [2.05, 4.69) is 19.2 Å². The molecule has 2 unspecified atom stereocenters. The topological polar surface area (TPSA) is 69.6 Å². The van der Waals surface area contributed by atoms with Crippen molar-refractivity contribution in [3.8, 4) is 0 Å². The van der Waals surface area contributed by atoms with Crippen molar-refractivity contribution in [3.05, 3.63) is 12.2 Å². The summed E-state index contributed by atoms with van der Waals surface area (Å²) in [5.74, 6) is -0.0562. The molecule has 0 heterocycles. The predicted octanol–water partition coefficient (Wildman–Crippen LogP) is 17.8. The van der Waals surface area contributed by atoms with Crippen LogP contribution in [0.25, 0.3) is 0 Å². The lowest BCUT2D eigenvalue weighted by atomic mass is 10.0. The summed E-state index contributed by atoms with van der Waals surface area (Å²) < 4.78 is 0. The van der Waals surface area contributed by atoms with E-state index in [1.54, 1.807) is 6.08 Å². The number of aliphatic hydroxyl groups excluding tert-OH is 2. The second-order valence-corrected chi connectivity index (χ2v) is 19.0. The first kappa shape index (κ1) is 58.1. The molecule has 59 heavy (non-hydrogen) atoms. The molecule has 0 aliphatic carbocycles. The SMILES string of the molecule is CCCCCCCCCCCCCCCCCC/C=C/C(O)C(CO)NC(=O)CCCCCCCCCCCCCCCCCCCCCCCCCCCCCCC. The fourth-order valence-electron chi connectivity index (χ4n) is 8.83. The van der Waals surface area contributed by atoms with Crippen LogP contribution in [-0.2, 0) is 4.79 Å². The number of allylic oxidation sites excluding steroid dienone is 1. The molecule has 0 bridgehead atoms. The summed E-state index contributed by atoms with van der Waals surface area (Å²) in [4.78, 5) is 12.5. The number of carbonyl (C=O) groups excluding carboxylic acids is 1. The highest BCUT2D eigenvalue weighted by Gasteiger charge is 2.18. The molecule has 0 radical (unpaired) electrons. The molecule has 352 valence electrons. The van der Waals surface area contributed by atoms with E-state index in [1.165, 1.54) is 270 Å². The maximum Gasteiger partial charge on any atom is 0.220 e. The van der Waals surface area contributed by atoms with Crippen molar-refractivity contribution >= 4 is 5.91 Å². The van der Waals surface area contributed by atoms with Crippen molar-refractivity contribution in [1.82, 2.24) is 5.32 Å². The Bertz CT molecular complexity index is 814. The predicted molar refractivity (Wildman–Crippen MR) is 263 cm³/mol. The van der Waals surface area contributed by atoms with Gasteiger partial charge in [0.25, 0.3) is 0 Å². The zero-order chi connectivity index (χ0) is 42.8. The van der Waals surface area contributed by atoms with Gasteiger partial charge < -0.3 is 15.5 Å². The molecule has 2 atom stereocenters. The molecule has 0 aliphatic heterocycles. The van der Waals surface area contributed by atoms with Crippen LogP contribution in [0.4, 0.5) is 0 Å². The average Bonchev–Trinajstić information content (AvgIpc) is 3.24. The highest BCUT2D eigenvalue weighted by molar-refractivity contribution is 5.76. The van der Waals surface area contributed by atoms with Gasteiger partial charge in [0.2, 0.25) is 5.91 Å². The average molecular weight is 832 g/mol. The third-order valence-corrected chi connectivity index (χ3v) is 13.0. The van der Waals surface area contributed by atoms with E-state index in [0.717, 1.165) is 25.7 Å². The zero-order valence-corrected chi connectivity index (χ0v) is 40.6. The summed E-state index contributed by atoms with van der Waals surface area (Å²) in [6, 6.07) is -0.617. The number of hydrogen-bond acceptors (Lipinski definition) is 3. The Labute approximate surface area is 371 Å². The van der Waals surface area contributed by atoms with E-state index < -0.39 is 12.1 Å². The van der Waals surface area contributed by atoms with Crippen molar-refractivity contribution in [2.75, 3.05) is 6.61 Å². The van der Waals surface area contributed by atoms with Crippen LogP contribution in [0.5, 0.6) is 0 Å². The molecule has 0 aromatic heterocycles. The third kappa shape index (κ3) is 48.0. The first-order chi connectivity index (χ1) is 29.2. The molecule has 1 amide bonds. The van der Waals surface area contributed by atoms with Crippen LogP contribution >= 0.6 is 0 Å². The van der Waals surface area contributed by atoms with Crippen LogP contribution in [-0.4, -0.2) is 34.9 Å². The molecule has 0 saturated carbocycles. The number of hydrogen-bond donors (Lipinski definition) is 3. The molecule has 0 spiro atoms. The molecule has 0 aromatic carbocycles. The molecule has 4 nitrogen and oxygen atoms in total. The lowest BCUT2D eigenvalue weighted by molar-refractivity contribution is -0.123. The van der Waals surface area contributed by atoms with Gasteiger partial charge in [-0.05, 0) is 19.3 Å². The summed E-state index contributed by atoms with van der Waals surface area (Å²) in [5, 5.41) is 23.1. The summed E-state index contributed by atoms with van der Waals surface area (Å²) in [6.45, 7) is 4.35. The van der Waals surface area contributed by atoms with Gasteiger partial charge in [-0.25, -0.2) is 0 Å². The van der Waals surface area contributed by atoms with Gasteiger partial charge in [0.15, 0.2) is 0 Å². The highest BCUT2D eigenvalue weighted by atomic mass is 16.3. The van der Waals surface area contributed by atoms with Crippen LogP contribution < -0.4 is 5.32 Å². The van der Waals surface area contributed by atoms with Crippen LogP contribution in [0.15, 0.2) is 12.2 Å². The highest BCUT2D eigenvalue weighted by Crippen LogP contribution is 2.18. The van der Waals surface area contributed by atoms with Gasteiger partial charge >= 0.3 is 0 Å². The minimum Gasteiger partial charge on any atom is -0.394 e. The van der Waals surface area contributed by atoms with Gasteiger partial charge in [0.1, 0.15) is 0 Å². The van der Waals surface area contributed by atoms with E-state index in [1.807, 2.05) is 6.08 Å². The summed E-state index contributed by atoms with van der Waals surface area (Å²) in [6.07, 6.45) is 66.6. The van der Waals surface area contributed by atoms with Crippen molar-refractivity contribution in [2.24, 2.45) is 0 Å². The van der Waals surface area contributed by atoms with Crippen LogP contribution in [0.1, 0.15) is 316 Å².